The molecular weight excluding hydrogens is 196 g/mol. The van der Waals surface area contributed by atoms with Crippen molar-refractivity contribution < 1.29 is 14.7 Å². The Balaban J connectivity index is 2.25. The molecule has 0 spiro atoms. The second kappa shape index (κ2) is 5.70. The lowest BCUT2D eigenvalue weighted by molar-refractivity contribution is -0.142. The van der Waals surface area contributed by atoms with Crippen LogP contribution in [0.15, 0.2) is 0 Å². The summed E-state index contributed by atoms with van der Waals surface area (Å²) < 4.78 is 0. The molecule has 5 heteroatoms. The summed E-state index contributed by atoms with van der Waals surface area (Å²) in [4.78, 5) is 21.9. The van der Waals surface area contributed by atoms with E-state index in [-0.39, 0.29) is 17.9 Å². The monoisotopic (exact) mass is 214 g/mol. The summed E-state index contributed by atoms with van der Waals surface area (Å²) >= 11 is 0. The van der Waals surface area contributed by atoms with E-state index in [4.69, 9.17) is 10.8 Å². The van der Waals surface area contributed by atoms with Crippen molar-refractivity contribution in [1.29, 1.82) is 0 Å². The summed E-state index contributed by atoms with van der Waals surface area (Å²) in [7, 11) is 0. The Morgan fingerprint density at radius 3 is 2.33 bits per heavy atom. The van der Waals surface area contributed by atoms with Gasteiger partial charge in [-0.25, -0.2) is 0 Å². The molecule has 5 nitrogen and oxygen atoms in total. The van der Waals surface area contributed by atoms with Crippen LogP contribution in [0.25, 0.3) is 0 Å². The van der Waals surface area contributed by atoms with Crippen molar-refractivity contribution in [3.05, 3.63) is 0 Å². The van der Waals surface area contributed by atoms with Crippen LogP contribution in [-0.4, -0.2) is 29.6 Å². The van der Waals surface area contributed by atoms with Crippen molar-refractivity contribution in [1.82, 2.24) is 5.32 Å². The van der Waals surface area contributed by atoms with Crippen molar-refractivity contribution in [2.75, 3.05) is 6.54 Å². The Bertz CT molecular complexity index is 235. The number of carboxylic acid groups (broad SMARTS) is 1. The van der Waals surface area contributed by atoms with Crippen LogP contribution in [0, 0.1) is 5.92 Å². The van der Waals surface area contributed by atoms with Gasteiger partial charge < -0.3 is 16.2 Å². The van der Waals surface area contributed by atoms with Crippen LogP contribution in [0.1, 0.15) is 32.1 Å². The zero-order valence-corrected chi connectivity index (χ0v) is 8.74. The van der Waals surface area contributed by atoms with Gasteiger partial charge in [-0.3, -0.25) is 9.59 Å². The minimum atomic E-state index is -0.721. The van der Waals surface area contributed by atoms with Crippen molar-refractivity contribution in [3.8, 4) is 0 Å². The van der Waals surface area contributed by atoms with Crippen molar-refractivity contribution in [2.45, 2.75) is 38.1 Å². The lowest BCUT2D eigenvalue weighted by Gasteiger charge is -2.26. The quantitative estimate of drug-likeness (QED) is 0.618. The van der Waals surface area contributed by atoms with E-state index in [1.54, 1.807) is 0 Å². The van der Waals surface area contributed by atoms with Gasteiger partial charge >= 0.3 is 5.97 Å². The summed E-state index contributed by atoms with van der Waals surface area (Å²) in [6.07, 6.45) is 3.17. The molecule has 0 heterocycles. The van der Waals surface area contributed by atoms with E-state index in [2.05, 4.69) is 5.32 Å². The molecule has 1 amide bonds. The maximum absolute atomic E-state index is 11.2. The highest BCUT2D eigenvalue weighted by Gasteiger charge is 2.26. The molecule has 0 aliphatic heterocycles. The molecule has 86 valence electrons. The lowest BCUT2D eigenvalue weighted by atomic mass is 9.86. The van der Waals surface area contributed by atoms with Crippen LogP contribution in [-0.2, 0) is 9.59 Å². The highest BCUT2D eigenvalue weighted by Crippen LogP contribution is 2.24. The number of rotatable bonds is 4. The number of carbonyl (C=O) groups excluding carboxylic acids is 1. The number of amides is 1. The first-order chi connectivity index (χ1) is 7.13. The molecule has 1 aliphatic rings. The maximum Gasteiger partial charge on any atom is 0.306 e. The van der Waals surface area contributed by atoms with Gasteiger partial charge in [0.15, 0.2) is 0 Å². The first-order valence-corrected chi connectivity index (χ1v) is 5.35. The molecule has 4 N–H and O–H groups in total. The SMILES string of the molecule is NCCC(=O)NC1CCC(C(=O)O)CC1. The van der Waals surface area contributed by atoms with E-state index in [1.807, 2.05) is 0 Å². The molecule has 0 aromatic heterocycles. The van der Waals surface area contributed by atoms with Gasteiger partial charge in [0.25, 0.3) is 0 Å². The van der Waals surface area contributed by atoms with E-state index in [0.29, 0.717) is 25.8 Å². The summed E-state index contributed by atoms with van der Waals surface area (Å²) in [5.41, 5.74) is 5.26. The largest absolute Gasteiger partial charge is 0.481 e. The molecule has 1 rings (SSSR count). The minimum absolute atomic E-state index is 0.0312. The van der Waals surface area contributed by atoms with Crippen LogP contribution >= 0.6 is 0 Å². The van der Waals surface area contributed by atoms with Gasteiger partial charge in [-0.05, 0) is 25.7 Å². The summed E-state index contributed by atoms with van der Waals surface area (Å²) in [5.74, 6) is -0.981. The Morgan fingerprint density at radius 1 is 1.27 bits per heavy atom. The van der Waals surface area contributed by atoms with Crippen molar-refractivity contribution in [2.24, 2.45) is 11.7 Å². The zero-order chi connectivity index (χ0) is 11.3. The molecule has 0 bridgehead atoms. The Labute approximate surface area is 89.0 Å². The highest BCUT2D eigenvalue weighted by molar-refractivity contribution is 5.76. The van der Waals surface area contributed by atoms with Gasteiger partial charge in [0.2, 0.25) is 5.91 Å². The van der Waals surface area contributed by atoms with E-state index in [0.717, 1.165) is 12.8 Å². The molecule has 0 aromatic carbocycles. The zero-order valence-electron chi connectivity index (χ0n) is 8.74. The number of nitrogens with two attached hydrogens (primary N) is 1. The Morgan fingerprint density at radius 2 is 1.87 bits per heavy atom. The van der Waals surface area contributed by atoms with Crippen LogP contribution in [0.5, 0.6) is 0 Å². The first-order valence-electron chi connectivity index (χ1n) is 5.35. The van der Waals surface area contributed by atoms with Gasteiger partial charge in [-0.2, -0.15) is 0 Å². The van der Waals surface area contributed by atoms with Gasteiger partial charge in [0, 0.05) is 19.0 Å². The predicted molar refractivity (Wildman–Crippen MR) is 55.2 cm³/mol. The van der Waals surface area contributed by atoms with Crippen LogP contribution < -0.4 is 11.1 Å². The Hall–Kier alpha value is -1.10. The maximum atomic E-state index is 11.2. The van der Waals surface area contributed by atoms with Gasteiger partial charge in [-0.15, -0.1) is 0 Å². The number of hydrogen-bond donors (Lipinski definition) is 3. The third-order valence-corrected chi connectivity index (χ3v) is 2.81. The predicted octanol–water partition coefficient (Wildman–Crippen LogP) is 0.0948. The molecule has 0 unspecified atom stereocenters. The van der Waals surface area contributed by atoms with E-state index in [1.165, 1.54) is 0 Å². The second-order valence-electron chi connectivity index (χ2n) is 3.99. The molecule has 1 fully saturated rings. The highest BCUT2D eigenvalue weighted by atomic mass is 16.4. The normalized spacial score (nSPS) is 25.9. The summed E-state index contributed by atoms with van der Waals surface area (Å²) in [5, 5.41) is 11.7. The Kier molecular flexibility index (Phi) is 4.55. The number of nitrogens with one attached hydrogen (secondary N) is 1. The fraction of sp³-hybridized carbons (Fsp3) is 0.800. The molecular formula is C10H18N2O3. The smallest absolute Gasteiger partial charge is 0.306 e. The number of carboxylic acids is 1. The molecule has 1 saturated carbocycles. The lowest BCUT2D eigenvalue weighted by Crippen LogP contribution is -2.39. The number of aliphatic carboxylic acids is 1. The standard InChI is InChI=1S/C10H18N2O3/c11-6-5-9(13)12-8-3-1-7(2-4-8)10(14)15/h7-8H,1-6,11H2,(H,12,13)(H,14,15). The van der Waals surface area contributed by atoms with E-state index >= 15 is 0 Å². The van der Waals surface area contributed by atoms with Crippen molar-refractivity contribution >= 4 is 11.9 Å². The van der Waals surface area contributed by atoms with Crippen LogP contribution in [0.4, 0.5) is 0 Å². The molecule has 1 aliphatic carbocycles. The summed E-state index contributed by atoms with van der Waals surface area (Å²) in [6, 6.07) is 0.139. The van der Waals surface area contributed by atoms with Crippen molar-refractivity contribution in [3.63, 3.8) is 0 Å². The molecule has 0 saturated heterocycles. The fourth-order valence-corrected chi connectivity index (χ4v) is 1.92. The van der Waals surface area contributed by atoms with Gasteiger partial charge in [-0.1, -0.05) is 0 Å². The average Bonchev–Trinajstić information content (AvgIpc) is 2.18. The van der Waals surface area contributed by atoms with E-state index < -0.39 is 5.97 Å². The number of carbonyl (C=O) groups is 2. The van der Waals surface area contributed by atoms with Gasteiger partial charge in [0.05, 0.1) is 5.92 Å². The average molecular weight is 214 g/mol. The fourth-order valence-electron chi connectivity index (χ4n) is 1.92. The minimum Gasteiger partial charge on any atom is -0.481 e. The second-order valence-corrected chi connectivity index (χ2v) is 3.99. The summed E-state index contributed by atoms with van der Waals surface area (Å²) in [6.45, 7) is 0.357. The first kappa shape index (κ1) is 12.0. The van der Waals surface area contributed by atoms with Gasteiger partial charge in [0.1, 0.15) is 0 Å². The molecule has 15 heavy (non-hydrogen) atoms. The third kappa shape index (κ3) is 3.87. The van der Waals surface area contributed by atoms with E-state index in [9.17, 15) is 9.59 Å². The third-order valence-electron chi connectivity index (χ3n) is 2.81. The van der Waals surface area contributed by atoms with Crippen LogP contribution in [0.3, 0.4) is 0 Å². The number of hydrogen-bond acceptors (Lipinski definition) is 3. The van der Waals surface area contributed by atoms with Crippen LogP contribution in [0.2, 0.25) is 0 Å². The molecule has 0 radical (unpaired) electrons. The molecule has 0 atom stereocenters. The molecule has 0 aromatic rings. The topological polar surface area (TPSA) is 92.4 Å².